The number of rotatable bonds is 4. The van der Waals surface area contributed by atoms with E-state index in [0.717, 1.165) is 12.8 Å². The van der Waals surface area contributed by atoms with Crippen LogP contribution in [-0.4, -0.2) is 31.7 Å². The van der Waals surface area contributed by atoms with Gasteiger partial charge in [0.25, 0.3) is 0 Å². The fourth-order valence-corrected chi connectivity index (χ4v) is 2.27. The number of benzene rings is 1. The molecular formula is C14H16ClN3O2. The number of amides is 1. The molecule has 2 rings (SSSR count). The van der Waals surface area contributed by atoms with E-state index in [4.69, 9.17) is 21.6 Å². The number of ether oxygens (including phenoxy) is 1. The highest BCUT2D eigenvalue weighted by atomic mass is 35.5. The molecule has 0 radical (unpaired) electrons. The minimum atomic E-state index is -0.0719. The lowest BCUT2D eigenvalue weighted by Crippen LogP contribution is -2.41. The van der Waals surface area contributed by atoms with Gasteiger partial charge in [0, 0.05) is 19.3 Å². The molecule has 5 nitrogen and oxygen atoms in total. The third-order valence-corrected chi connectivity index (χ3v) is 3.44. The number of carbonyl (C=O) groups excluding carboxylic acids is 1. The molecule has 0 bridgehead atoms. The van der Waals surface area contributed by atoms with Crippen LogP contribution >= 0.6 is 11.6 Å². The van der Waals surface area contributed by atoms with E-state index in [1.165, 1.54) is 0 Å². The quantitative estimate of drug-likeness (QED) is 0.889. The second kappa shape index (κ2) is 7.13. The van der Waals surface area contributed by atoms with Crippen molar-refractivity contribution in [2.24, 2.45) is 0 Å². The van der Waals surface area contributed by atoms with E-state index in [2.05, 4.69) is 10.6 Å². The molecule has 2 N–H and O–H groups in total. The van der Waals surface area contributed by atoms with E-state index >= 15 is 0 Å². The summed E-state index contributed by atoms with van der Waals surface area (Å²) in [5.41, 5.74) is 1.14. The van der Waals surface area contributed by atoms with Gasteiger partial charge in [-0.1, -0.05) is 11.6 Å². The lowest BCUT2D eigenvalue weighted by molar-refractivity contribution is -0.120. The lowest BCUT2D eigenvalue weighted by Gasteiger charge is -2.23. The summed E-state index contributed by atoms with van der Waals surface area (Å²) >= 11 is 6.02. The maximum atomic E-state index is 11.8. The summed E-state index contributed by atoms with van der Waals surface area (Å²) < 4.78 is 5.24. The van der Waals surface area contributed by atoms with Gasteiger partial charge in [0.15, 0.2) is 0 Å². The number of hydrogen-bond donors (Lipinski definition) is 2. The van der Waals surface area contributed by atoms with E-state index in [0.29, 0.717) is 29.5 Å². The Bertz CT molecular complexity index is 522. The van der Waals surface area contributed by atoms with E-state index in [1.54, 1.807) is 18.2 Å². The van der Waals surface area contributed by atoms with Crippen molar-refractivity contribution in [3.05, 3.63) is 28.8 Å². The van der Waals surface area contributed by atoms with E-state index in [1.807, 2.05) is 6.07 Å². The van der Waals surface area contributed by atoms with Crippen LogP contribution in [0.4, 0.5) is 5.69 Å². The molecule has 0 saturated carbocycles. The molecule has 20 heavy (non-hydrogen) atoms. The SMILES string of the molecule is N#Cc1ccc(NCC(=O)NC2CCOCC2)c(Cl)c1. The Morgan fingerprint density at radius 3 is 2.85 bits per heavy atom. The largest absolute Gasteiger partial charge is 0.381 e. The number of nitrogens with zero attached hydrogens (tertiary/aromatic N) is 1. The van der Waals surface area contributed by atoms with Crippen molar-refractivity contribution in [3.63, 3.8) is 0 Å². The molecule has 0 aliphatic carbocycles. The van der Waals surface area contributed by atoms with Gasteiger partial charge >= 0.3 is 0 Å². The summed E-state index contributed by atoms with van der Waals surface area (Å²) in [6, 6.07) is 7.12. The van der Waals surface area contributed by atoms with E-state index in [9.17, 15) is 4.79 Å². The smallest absolute Gasteiger partial charge is 0.239 e. The van der Waals surface area contributed by atoms with Crippen LogP contribution in [0.15, 0.2) is 18.2 Å². The monoisotopic (exact) mass is 293 g/mol. The van der Waals surface area contributed by atoms with Crippen molar-refractivity contribution < 1.29 is 9.53 Å². The van der Waals surface area contributed by atoms with Gasteiger partial charge in [-0.3, -0.25) is 4.79 Å². The standard InChI is InChI=1S/C14H16ClN3O2/c15-12-7-10(8-16)1-2-13(12)17-9-14(19)18-11-3-5-20-6-4-11/h1-2,7,11,17H,3-6,9H2,(H,18,19). The summed E-state index contributed by atoms with van der Waals surface area (Å²) in [6.07, 6.45) is 1.70. The molecular weight excluding hydrogens is 278 g/mol. The van der Waals surface area contributed by atoms with Gasteiger partial charge in [-0.05, 0) is 31.0 Å². The fourth-order valence-electron chi connectivity index (χ4n) is 2.02. The normalized spacial score (nSPS) is 15.4. The molecule has 1 aliphatic heterocycles. The molecule has 1 saturated heterocycles. The van der Waals surface area contributed by atoms with Crippen molar-refractivity contribution in [2.45, 2.75) is 18.9 Å². The van der Waals surface area contributed by atoms with E-state index in [-0.39, 0.29) is 18.5 Å². The minimum absolute atomic E-state index is 0.0719. The van der Waals surface area contributed by atoms with Gasteiger partial charge in [0.2, 0.25) is 5.91 Å². The summed E-state index contributed by atoms with van der Waals surface area (Å²) in [5.74, 6) is -0.0719. The molecule has 1 aliphatic rings. The molecule has 0 spiro atoms. The fraction of sp³-hybridized carbons (Fsp3) is 0.429. The van der Waals surface area contributed by atoms with E-state index < -0.39 is 0 Å². The maximum absolute atomic E-state index is 11.8. The Hall–Kier alpha value is -1.77. The van der Waals surface area contributed by atoms with Crippen LogP contribution in [0.5, 0.6) is 0 Å². The van der Waals surface area contributed by atoms with Crippen LogP contribution in [0.3, 0.4) is 0 Å². The van der Waals surface area contributed by atoms with Crippen molar-refractivity contribution >= 4 is 23.2 Å². The van der Waals surface area contributed by atoms with Crippen LogP contribution in [0.25, 0.3) is 0 Å². The molecule has 1 amide bonds. The average Bonchev–Trinajstić information content (AvgIpc) is 2.47. The minimum Gasteiger partial charge on any atom is -0.381 e. The van der Waals surface area contributed by atoms with Crippen molar-refractivity contribution in [2.75, 3.05) is 25.1 Å². The Kier molecular flexibility index (Phi) is 5.22. The summed E-state index contributed by atoms with van der Waals surface area (Å²) in [4.78, 5) is 11.8. The number of halogens is 1. The topological polar surface area (TPSA) is 74.2 Å². The molecule has 6 heteroatoms. The van der Waals surface area contributed by atoms with Gasteiger partial charge in [-0.15, -0.1) is 0 Å². The van der Waals surface area contributed by atoms with Gasteiger partial charge in [-0.25, -0.2) is 0 Å². The van der Waals surface area contributed by atoms with Crippen molar-refractivity contribution in [3.8, 4) is 6.07 Å². The van der Waals surface area contributed by atoms with Crippen molar-refractivity contribution in [1.29, 1.82) is 5.26 Å². The Morgan fingerprint density at radius 1 is 1.45 bits per heavy atom. The Labute approximate surface area is 122 Å². The highest BCUT2D eigenvalue weighted by molar-refractivity contribution is 6.33. The number of nitriles is 1. The van der Waals surface area contributed by atoms with Crippen LogP contribution < -0.4 is 10.6 Å². The third kappa shape index (κ3) is 4.12. The first-order valence-corrected chi connectivity index (χ1v) is 6.87. The predicted molar refractivity (Wildman–Crippen MR) is 76.6 cm³/mol. The lowest BCUT2D eigenvalue weighted by atomic mass is 10.1. The van der Waals surface area contributed by atoms with Gasteiger partial charge in [0.1, 0.15) is 0 Å². The predicted octanol–water partition coefficient (Wildman–Crippen LogP) is 1.92. The third-order valence-electron chi connectivity index (χ3n) is 3.12. The second-order valence-corrected chi connectivity index (χ2v) is 5.02. The molecule has 0 aromatic heterocycles. The van der Waals surface area contributed by atoms with Gasteiger partial charge in [0.05, 0.1) is 28.9 Å². The molecule has 0 atom stereocenters. The number of anilines is 1. The number of nitrogens with one attached hydrogen (secondary N) is 2. The van der Waals surface area contributed by atoms with Crippen LogP contribution in [-0.2, 0) is 9.53 Å². The summed E-state index contributed by atoms with van der Waals surface area (Å²) in [5, 5.41) is 15.1. The van der Waals surface area contributed by atoms with Crippen molar-refractivity contribution in [1.82, 2.24) is 5.32 Å². The first kappa shape index (κ1) is 14.6. The Balaban J connectivity index is 1.82. The molecule has 1 aromatic rings. The first-order valence-electron chi connectivity index (χ1n) is 6.49. The van der Waals surface area contributed by atoms with Crippen LogP contribution in [0.1, 0.15) is 18.4 Å². The van der Waals surface area contributed by atoms with Crippen LogP contribution in [0, 0.1) is 11.3 Å². The highest BCUT2D eigenvalue weighted by Crippen LogP contribution is 2.22. The number of hydrogen-bond acceptors (Lipinski definition) is 4. The summed E-state index contributed by atoms with van der Waals surface area (Å²) in [6.45, 7) is 1.54. The van der Waals surface area contributed by atoms with Gasteiger partial charge < -0.3 is 15.4 Å². The zero-order valence-electron chi connectivity index (χ0n) is 11.0. The van der Waals surface area contributed by atoms with Gasteiger partial charge in [-0.2, -0.15) is 5.26 Å². The highest BCUT2D eigenvalue weighted by Gasteiger charge is 2.15. The summed E-state index contributed by atoms with van der Waals surface area (Å²) in [7, 11) is 0. The molecule has 1 fully saturated rings. The zero-order chi connectivity index (χ0) is 14.4. The maximum Gasteiger partial charge on any atom is 0.239 e. The number of carbonyl (C=O) groups is 1. The molecule has 1 heterocycles. The molecule has 106 valence electrons. The molecule has 0 unspecified atom stereocenters. The average molecular weight is 294 g/mol. The Morgan fingerprint density at radius 2 is 2.20 bits per heavy atom. The van der Waals surface area contributed by atoms with Crippen LogP contribution in [0.2, 0.25) is 5.02 Å². The zero-order valence-corrected chi connectivity index (χ0v) is 11.7. The second-order valence-electron chi connectivity index (χ2n) is 4.61. The first-order chi connectivity index (χ1) is 9.69. The molecule has 1 aromatic carbocycles.